The van der Waals surface area contributed by atoms with Crippen LogP contribution in [0.1, 0.15) is 64.9 Å². The van der Waals surface area contributed by atoms with Crippen LogP contribution in [0.2, 0.25) is 0 Å². The third kappa shape index (κ3) is 13.4. The fourth-order valence-electron chi connectivity index (χ4n) is 3.20. The van der Waals surface area contributed by atoms with E-state index in [1.54, 1.807) is 0 Å². The molecule has 1 unspecified atom stereocenters. The molecule has 1 aliphatic carbocycles. The second kappa shape index (κ2) is 16.5. The minimum atomic E-state index is -0.567. The van der Waals surface area contributed by atoms with Gasteiger partial charge >= 0.3 is 0 Å². The van der Waals surface area contributed by atoms with Gasteiger partial charge in [-0.15, -0.1) is 0 Å². The summed E-state index contributed by atoms with van der Waals surface area (Å²) in [4.78, 5) is 44.3. The number of nitrogens with two attached hydrogens (primary N) is 1. The first-order valence-corrected chi connectivity index (χ1v) is 12.1. The summed E-state index contributed by atoms with van der Waals surface area (Å²) < 4.78 is 0. The molecule has 0 aromatic heterocycles. The number of hydrogen-bond acceptors (Lipinski definition) is 4. The molecule has 1 aromatic carbocycles. The van der Waals surface area contributed by atoms with E-state index in [9.17, 15) is 19.2 Å². The van der Waals surface area contributed by atoms with Crippen LogP contribution in [0.25, 0.3) is 0 Å². The highest BCUT2D eigenvalue weighted by Crippen LogP contribution is 2.39. The van der Waals surface area contributed by atoms with Gasteiger partial charge in [0.05, 0.1) is 0 Å². The zero-order chi connectivity index (χ0) is 25.3. The van der Waals surface area contributed by atoms with Crippen molar-refractivity contribution in [2.24, 2.45) is 17.6 Å². The molecule has 0 aliphatic heterocycles. The van der Waals surface area contributed by atoms with Crippen LogP contribution >= 0.6 is 0 Å². The molecular formula is C26H40N4O4. The van der Waals surface area contributed by atoms with Crippen LogP contribution in [0, 0.1) is 11.8 Å². The molecule has 0 bridgehead atoms. The monoisotopic (exact) mass is 472 g/mol. The Morgan fingerprint density at radius 2 is 1.82 bits per heavy atom. The second-order valence-corrected chi connectivity index (χ2v) is 8.56. The fourth-order valence-corrected chi connectivity index (χ4v) is 3.20. The molecule has 3 atom stereocenters. The predicted octanol–water partition coefficient (Wildman–Crippen LogP) is 2.58. The van der Waals surface area contributed by atoms with Gasteiger partial charge in [0.2, 0.25) is 23.6 Å². The number of hydrogen-bond donors (Lipinski definition) is 4. The van der Waals surface area contributed by atoms with Crippen molar-refractivity contribution in [1.82, 2.24) is 16.0 Å². The highest BCUT2D eigenvalue weighted by molar-refractivity contribution is 5.85. The minimum absolute atomic E-state index is 0.0349. The summed E-state index contributed by atoms with van der Waals surface area (Å²) in [6, 6.07) is 9.24. The first kappa shape index (κ1) is 28.9. The quantitative estimate of drug-likeness (QED) is 0.260. The van der Waals surface area contributed by atoms with Gasteiger partial charge in [-0.1, -0.05) is 62.2 Å². The van der Waals surface area contributed by atoms with E-state index in [4.69, 9.17) is 5.73 Å². The zero-order valence-electron chi connectivity index (χ0n) is 20.6. The molecule has 2 rings (SSSR count). The topological polar surface area (TPSA) is 130 Å². The number of carbonyl (C=O) groups is 4. The third-order valence-corrected chi connectivity index (χ3v) is 5.36. The smallest absolute Gasteiger partial charge is 0.239 e. The highest BCUT2D eigenvalue weighted by atomic mass is 16.2. The van der Waals surface area contributed by atoms with Crippen LogP contribution in [0.15, 0.2) is 42.5 Å². The van der Waals surface area contributed by atoms with Crippen molar-refractivity contribution in [1.29, 1.82) is 0 Å². The molecule has 4 amide bonds. The average Bonchev–Trinajstić information content (AvgIpc) is 3.58. The number of rotatable bonds is 13. The summed E-state index contributed by atoms with van der Waals surface area (Å²) >= 11 is 0. The summed E-state index contributed by atoms with van der Waals surface area (Å²) in [7, 11) is 0. The standard InChI is InChI=1S/C21H30N2O2.C5H10N2O2/c1-2-3-4-5-9-12-18-15-19(18)21(25)22-14-13-20(24)23-16-17-10-7-6-8-11-17;1-3(5(6)9)7-4(2)8/h6-12,18-19H,2-5,13-16H2,1H3,(H,22,25)(H,23,24);3H,1-2H3,(H2,6,9)(H,7,8)/b12-9-;/t18-,19+;/m1./s1. The molecule has 8 heteroatoms. The molecule has 0 heterocycles. The maximum Gasteiger partial charge on any atom is 0.239 e. The number of carbonyl (C=O) groups excluding carboxylic acids is 4. The lowest BCUT2D eigenvalue weighted by Gasteiger charge is -2.06. The minimum Gasteiger partial charge on any atom is -0.368 e. The molecule has 5 N–H and O–H groups in total. The summed E-state index contributed by atoms with van der Waals surface area (Å²) in [5.41, 5.74) is 5.91. The van der Waals surface area contributed by atoms with E-state index >= 15 is 0 Å². The summed E-state index contributed by atoms with van der Waals surface area (Å²) in [6.45, 7) is 6.00. The molecular weight excluding hydrogens is 432 g/mol. The van der Waals surface area contributed by atoms with Crippen molar-refractivity contribution in [2.45, 2.75) is 71.9 Å². The largest absolute Gasteiger partial charge is 0.368 e. The van der Waals surface area contributed by atoms with Crippen LogP contribution in [-0.4, -0.2) is 36.2 Å². The van der Waals surface area contributed by atoms with E-state index < -0.39 is 11.9 Å². The van der Waals surface area contributed by atoms with Crippen molar-refractivity contribution >= 4 is 23.6 Å². The van der Waals surface area contributed by atoms with Crippen LogP contribution in [-0.2, 0) is 25.7 Å². The first-order chi connectivity index (χ1) is 16.2. The van der Waals surface area contributed by atoms with Crippen LogP contribution in [0.5, 0.6) is 0 Å². The van der Waals surface area contributed by atoms with Crippen molar-refractivity contribution in [3.05, 3.63) is 48.0 Å². The van der Waals surface area contributed by atoms with Crippen molar-refractivity contribution in [2.75, 3.05) is 6.54 Å². The lowest BCUT2D eigenvalue weighted by atomic mass is 10.2. The number of primary amides is 1. The lowest BCUT2D eigenvalue weighted by molar-refractivity contribution is -0.125. The molecule has 34 heavy (non-hydrogen) atoms. The number of nitrogens with one attached hydrogen (secondary N) is 3. The van der Waals surface area contributed by atoms with Crippen LogP contribution in [0.3, 0.4) is 0 Å². The average molecular weight is 473 g/mol. The van der Waals surface area contributed by atoms with Crippen molar-refractivity contribution in [3.63, 3.8) is 0 Å². The van der Waals surface area contributed by atoms with Gasteiger partial charge in [0.1, 0.15) is 6.04 Å². The Balaban J connectivity index is 0.000000546. The lowest BCUT2D eigenvalue weighted by Crippen LogP contribution is -2.41. The van der Waals surface area contributed by atoms with Crippen molar-refractivity contribution < 1.29 is 19.2 Å². The SMILES string of the molecule is CC(=O)NC(C)C(N)=O.CCCCC/C=C\[C@@H]1C[C@@H]1C(=O)NCCC(=O)NCc1ccccc1. The molecule has 0 radical (unpaired) electrons. The van der Waals surface area contributed by atoms with Gasteiger partial charge in [0.25, 0.3) is 0 Å². The number of benzene rings is 1. The van der Waals surface area contributed by atoms with E-state index in [2.05, 4.69) is 35.0 Å². The second-order valence-electron chi connectivity index (χ2n) is 8.56. The van der Waals surface area contributed by atoms with Gasteiger partial charge < -0.3 is 21.7 Å². The Kier molecular flexibility index (Phi) is 14.0. The van der Waals surface area contributed by atoms with Crippen molar-refractivity contribution in [3.8, 4) is 0 Å². The van der Waals surface area contributed by atoms with Crippen LogP contribution in [0.4, 0.5) is 0 Å². The van der Waals surface area contributed by atoms with E-state index in [1.165, 1.54) is 33.1 Å². The molecule has 1 aliphatic rings. The third-order valence-electron chi connectivity index (χ3n) is 5.36. The Morgan fingerprint density at radius 3 is 2.41 bits per heavy atom. The molecule has 0 spiro atoms. The van der Waals surface area contributed by atoms with E-state index in [-0.39, 0.29) is 23.6 Å². The van der Waals surface area contributed by atoms with Gasteiger partial charge in [-0.2, -0.15) is 0 Å². The van der Waals surface area contributed by atoms with Gasteiger partial charge in [-0.3, -0.25) is 19.2 Å². The van der Waals surface area contributed by atoms with E-state index in [0.717, 1.165) is 18.4 Å². The van der Waals surface area contributed by atoms with Gasteiger partial charge in [-0.25, -0.2) is 0 Å². The number of amides is 4. The first-order valence-electron chi connectivity index (χ1n) is 12.1. The predicted molar refractivity (Wildman–Crippen MR) is 133 cm³/mol. The van der Waals surface area contributed by atoms with E-state index in [0.29, 0.717) is 25.4 Å². The normalized spacial score (nSPS) is 17.1. The molecule has 188 valence electrons. The van der Waals surface area contributed by atoms with Gasteiger partial charge in [0, 0.05) is 32.4 Å². The highest BCUT2D eigenvalue weighted by Gasteiger charge is 2.40. The van der Waals surface area contributed by atoms with E-state index in [1.807, 2.05) is 30.3 Å². The number of unbranched alkanes of at least 4 members (excludes halogenated alkanes) is 3. The molecule has 0 saturated heterocycles. The zero-order valence-corrected chi connectivity index (χ0v) is 20.6. The molecule has 1 saturated carbocycles. The summed E-state index contributed by atoms with van der Waals surface area (Å²) in [5.74, 6) is -0.221. The molecule has 8 nitrogen and oxygen atoms in total. The Bertz CT molecular complexity index is 810. The maximum atomic E-state index is 12.0. The Morgan fingerprint density at radius 1 is 1.12 bits per heavy atom. The maximum absolute atomic E-state index is 12.0. The molecule has 1 aromatic rings. The summed E-state index contributed by atoms with van der Waals surface area (Å²) in [5, 5.41) is 8.08. The molecule has 1 fully saturated rings. The van der Waals surface area contributed by atoms with Crippen LogP contribution < -0.4 is 21.7 Å². The Labute approximate surface area is 203 Å². The summed E-state index contributed by atoms with van der Waals surface area (Å²) in [6.07, 6.45) is 10.5. The van der Waals surface area contributed by atoms with Gasteiger partial charge in [-0.05, 0) is 37.7 Å². The fraction of sp³-hybridized carbons (Fsp3) is 0.538. The number of allylic oxidation sites excluding steroid dienone is 2. The Hall–Kier alpha value is -3.16. The van der Waals surface area contributed by atoms with Gasteiger partial charge in [0.15, 0.2) is 0 Å².